The Hall–Kier alpha value is -1.95. The molecule has 0 unspecified atom stereocenters. The summed E-state index contributed by atoms with van der Waals surface area (Å²) < 4.78 is 16.2. The third-order valence-corrected chi connectivity index (χ3v) is 3.38. The monoisotopic (exact) mass is 321 g/mol. The predicted octanol–water partition coefficient (Wildman–Crippen LogP) is 2.29. The lowest BCUT2D eigenvalue weighted by Crippen LogP contribution is -2.39. The number of nitrogens with one attached hydrogen (secondary N) is 2. The van der Waals surface area contributed by atoms with E-state index in [0.717, 1.165) is 55.6 Å². The minimum Gasteiger partial charge on any atom is -0.454 e. The van der Waals surface area contributed by atoms with E-state index in [2.05, 4.69) is 29.5 Å². The largest absolute Gasteiger partial charge is 0.454 e. The average molecular weight is 321 g/mol. The number of hydrogen-bond acceptors (Lipinski definition) is 4. The van der Waals surface area contributed by atoms with Gasteiger partial charge in [0.25, 0.3) is 0 Å². The minimum atomic E-state index is 0.296. The molecule has 6 nitrogen and oxygen atoms in total. The van der Waals surface area contributed by atoms with Gasteiger partial charge < -0.3 is 24.8 Å². The van der Waals surface area contributed by atoms with E-state index in [1.165, 1.54) is 0 Å². The van der Waals surface area contributed by atoms with Crippen molar-refractivity contribution in [3.63, 3.8) is 0 Å². The van der Waals surface area contributed by atoms with E-state index >= 15 is 0 Å². The lowest BCUT2D eigenvalue weighted by Gasteiger charge is -2.11. The van der Waals surface area contributed by atoms with Crippen LogP contribution < -0.4 is 20.1 Å². The van der Waals surface area contributed by atoms with Crippen LogP contribution in [-0.4, -0.2) is 39.1 Å². The second kappa shape index (κ2) is 9.94. The van der Waals surface area contributed by atoms with Crippen molar-refractivity contribution in [3.05, 3.63) is 23.8 Å². The molecule has 1 aromatic carbocycles. The Morgan fingerprint density at radius 3 is 2.87 bits per heavy atom. The Kier molecular flexibility index (Phi) is 7.52. The number of rotatable bonds is 9. The first kappa shape index (κ1) is 17.4. The van der Waals surface area contributed by atoms with E-state index < -0.39 is 0 Å². The Morgan fingerprint density at radius 2 is 2.04 bits per heavy atom. The zero-order valence-corrected chi connectivity index (χ0v) is 14.1. The Morgan fingerprint density at radius 1 is 1.17 bits per heavy atom. The van der Waals surface area contributed by atoms with Crippen LogP contribution in [0.5, 0.6) is 11.5 Å². The van der Waals surface area contributed by atoms with Gasteiger partial charge in [-0.05, 0) is 31.0 Å². The first-order chi connectivity index (χ1) is 11.3. The fourth-order valence-corrected chi connectivity index (χ4v) is 2.14. The molecule has 0 saturated heterocycles. The number of nitrogens with zero attached hydrogens (tertiary/aromatic N) is 1. The van der Waals surface area contributed by atoms with Crippen LogP contribution in [0.4, 0.5) is 0 Å². The normalized spacial score (nSPS) is 13.2. The second-order valence-corrected chi connectivity index (χ2v) is 5.28. The van der Waals surface area contributed by atoms with Gasteiger partial charge in [0.15, 0.2) is 17.5 Å². The van der Waals surface area contributed by atoms with Crippen LogP contribution in [-0.2, 0) is 11.3 Å². The first-order valence-corrected chi connectivity index (χ1v) is 8.32. The summed E-state index contributed by atoms with van der Waals surface area (Å²) in [6, 6.07) is 5.91. The smallest absolute Gasteiger partial charge is 0.231 e. The third kappa shape index (κ3) is 5.98. The van der Waals surface area contributed by atoms with E-state index in [4.69, 9.17) is 14.2 Å². The summed E-state index contributed by atoms with van der Waals surface area (Å²) in [5.41, 5.74) is 1.09. The molecular formula is C17H27N3O3. The number of guanidine groups is 1. The molecule has 0 radical (unpaired) electrons. The molecule has 1 aliphatic heterocycles. The molecule has 0 bridgehead atoms. The molecule has 23 heavy (non-hydrogen) atoms. The highest BCUT2D eigenvalue weighted by molar-refractivity contribution is 5.79. The van der Waals surface area contributed by atoms with Crippen LogP contribution in [0, 0.1) is 0 Å². The topological polar surface area (TPSA) is 64.1 Å². The predicted molar refractivity (Wildman–Crippen MR) is 91.1 cm³/mol. The molecule has 0 amide bonds. The van der Waals surface area contributed by atoms with Gasteiger partial charge in [-0.3, -0.25) is 0 Å². The van der Waals surface area contributed by atoms with Crippen molar-refractivity contribution in [2.45, 2.75) is 33.2 Å². The fraction of sp³-hybridized carbons (Fsp3) is 0.588. The quantitative estimate of drug-likeness (QED) is 0.415. The van der Waals surface area contributed by atoms with Gasteiger partial charge >= 0.3 is 0 Å². The first-order valence-electron chi connectivity index (χ1n) is 8.32. The highest BCUT2D eigenvalue weighted by atomic mass is 16.7. The number of aliphatic imine (C=N–C) groups is 1. The van der Waals surface area contributed by atoms with E-state index in [1.807, 2.05) is 18.2 Å². The maximum atomic E-state index is 5.54. The second-order valence-electron chi connectivity index (χ2n) is 5.28. The van der Waals surface area contributed by atoms with E-state index in [9.17, 15) is 0 Å². The Bertz CT molecular complexity index is 506. The summed E-state index contributed by atoms with van der Waals surface area (Å²) in [6.07, 6.45) is 2.27. The summed E-state index contributed by atoms with van der Waals surface area (Å²) in [4.78, 5) is 4.59. The van der Waals surface area contributed by atoms with Crippen LogP contribution in [0.1, 0.15) is 32.3 Å². The fourth-order valence-electron chi connectivity index (χ4n) is 2.14. The van der Waals surface area contributed by atoms with Gasteiger partial charge in [-0.1, -0.05) is 19.4 Å². The highest BCUT2D eigenvalue weighted by Gasteiger charge is 2.12. The van der Waals surface area contributed by atoms with Crippen molar-refractivity contribution in [3.8, 4) is 11.5 Å². The lowest BCUT2D eigenvalue weighted by molar-refractivity contribution is 0.136. The van der Waals surface area contributed by atoms with Crippen LogP contribution in [0.3, 0.4) is 0 Å². The number of hydrogen-bond donors (Lipinski definition) is 2. The van der Waals surface area contributed by atoms with Gasteiger partial charge in [0, 0.05) is 19.7 Å². The van der Waals surface area contributed by atoms with Crippen LogP contribution >= 0.6 is 0 Å². The molecule has 1 aromatic rings. The van der Waals surface area contributed by atoms with E-state index in [-0.39, 0.29) is 0 Å². The number of ether oxygens (including phenoxy) is 3. The zero-order valence-electron chi connectivity index (χ0n) is 14.1. The van der Waals surface area contributed by atoms with E-state index in [1.54, 1.807) is 0 Å². The molecule has 0 spiro atoms. The van der Waals surface area contributed by atoms with Crippen molar-refractivity contribution in [2.75, 3.05) is 33.1 Å². The molecule has 1 aliphatic rings. The van der Waals surface area contributed by atoms with Crippen molar-refractivity contribution < 1.29 is 14.2 Å². The van der Waals surface area contributed by atoms with E-state index in [0.29, 0.717) is 19.9 Å². The standard InChI is InChI=1S/C17H27N3O3/c1-3-5-9-21-10-8-19-17(18-4-2)20-12-14-6-7-15-16(11-14)23-13-22-15/h6-7,11H,3-5,8-10,12-13H2,1-2H3,(H2,18,19,20). The number of unbranched alkanes of at least 4 members (excludes halogenated alkanes) is 1. The molecule has 0 fully saturated rings. The SMILES string of the molecule is CCCCOCCNC(=NCc1ccc2c(c1)OCO2)NCC. The summed E-state index contributed by atoms with van der Waals surface area (Å²) in [5, 5.41) is 6.51. The Balaban J connectivity index is 1.78. The molecule has 2 rings (SSSR count). The van der Waals surface area contributed by atoms with Crippen molar-refractivity contribution in [1.29, 1.82) is 0 Å². The Labute approximate surface area is 138 Å². The number of benzene rings is 1. The summed E-state index contributed by atoms with van der Waals surface area (Å²) in [5.74, 6) is 2.39. The zero-order chi connectivity index (χ0) is 16.3. The highest BCUT2D eigenvalue weighted by Crippen LogP contribution is 2.32. The third-order valence-electron chi connectivity index (χ3n) is 3.38. The van der Waals surface area contributed by atoms with Gasteiger partial charge in [-0.25, -0.2) is 4.99 Å². The summed E-state index contributed by atoms with van der Waals surface area (Å²) in [6.45, 7) is 8.17. The number of fused-ring (bicyclic) bond motifs is 1. The van der Waals surface area contributed by atoms with Crippen LogP contribution in [0.15, 0.2) is 23.2 Å². The van der Waals surface area contributed by atoms with Gasteiger partial charge in [0.1, 0.15) is 0 Å². The van der Waals surface area contributed by atoms with Crippen molar-refractivity contribution in [2.24, 2.45) is 4.99 Å². The maximum absolute atomic E-state index is 5.54. The molecule has 6 heteroatoms. The summed E-state index contributed by atoms with van der Waals surface area (Å²) in [7, 11) is 0. The van der Waals surface area contributed by atoms with Crippen LogP contribution in [0.2, 0.25) is 0 Å². The van der Waals surface area contributed by atoms with Gasteiger partial charge in [-0.2, -0.15) is 0 Å². The van der Waals surface area contributed by atoms with Crippen molar-refractivity contribution in [1.82, 2.24) is 10.6 Å². The molecule has 2 N–H and O–H groups in total. The van der Waals surface area contributed by atoms with Gasteiger partial charge in [-0.15, -0.1) is 0 Å². The van der Waals surface area contributed by atoms with Gasteiger partial charge in [0.2, 0.25) is 6.79 Å². The molecule has 1 heterocycles. The molecule has 0 atom stereocenters. The maximum Gasteiger partial charge on any atom is 0.231 e. The molecule has 128 valence electrons. The molecule has 0 saturated carbocycles. The molecule has 0 aliphatic carbocycles. The minimum absolute atomic E-state index is 0.296. The average Bonchev–Trinajstić information content (AvgIpc) is 3.03. The van der Waals surface area contributed by atoms with Crippen LogP contribution in [0.25, 0.3) is 0 Å². The summed E-state index contributed by atoms with van der Waals surface area (Å²) >= 11 is 0. The molecule has 0 aromatic heterocycles. The van der Waals surface area contributed by atoms with Gasteiger partial charge in [0.05, 0.1) is 13.2 Å². The lowest BCUT2D eigenvalue weighted by atomic mass is 10.2. The van der Waals surface area contributed by atoms with Crippen molar-refractivity contribution >= 4 is 5.96 Å². The molecular weight excluding hydrogens is 294 g/mol.